The number of alkyl halides is 1. The maximum atomic E-state index is 8.56. The first-order valence-electron chi connectivity index (χ1n) is 3.45. The predicted octanol–water partition coefficient (Wildman–Crippen LogP) is 2.47. The monoisotopic (exact) mass is 155 g/mol. The Morgan fingerprint density at radius 2 is 2.40 bits per heavy atom. The van der Waals surface area contributed by atoms with Gasteiger partial charge in [0.2, 0.25) is 0 Å². The topological polar surface area (TPSA) is 23.8 Å². The summed E-state index contributed by atoms with van der Waals surface area (Å²) in [6, 6.07) is 2.23. The Labute approximate surface area is 66.3 Å². The molecule has 0 aliphatic heterocycles. The van der Waals surface area contributed by atoms with E-state index in [-0.39, 0.29) is 11.3 Å². The van der Waals surface area contributed by atoms with Gasteiger partial charge in [0.15, 0.2) is 0 Å². The van der Waals surface area contributed by atoms with Crippen LogP contribution in [0.1, 0.15) is 19.3 Å². The van der Waals surface area contributed by atoms with Crippen molar-refractivity contribution < 1.29 is 0 Å². The van der Waals surface area contributed by atoms with Gasteiger partial charge in [0, 0.05) is 5.92 Å². The molecule has 2 heteroatoms. The summed E-state index contributed by atoms with van der Waals surface area (Å²) in [5, 5.41) is 8.60. The molecule has 1 aliphatic carbocycles. The van der Waals surface area contributed by atoms with E-state index >= 15 is 0 Å². The van der Waals surface area contributed by atoms with Crippen molar-refractivity contribution in [3.05, 3.63) is 12.2 Å². The van der Waals surface area contributed by atoms with Gasteiger partial charge >= 0.3 is 0 Å². The molecule has 10 heavy (non-hydrogen) atoms. The number of rotatable bonds is 0. The number of hydrogen-bond acceptors (Lipinski definition) is 1. The molecule has 2 atom stereocenters. The second kappa shape index (κ2) is 3.07. The van der Waals surface area contributed by atoms with Crippen molar-refractivity contribution in [1.82, 2.24) is 0 Å². The molecule has 0 aromatic carbocycles. The maximum absolute atomic E-state index is 8.56. The van der Waals surface area contributed by atoms with Crippen molar-refractivity contribution in [1.29, 1.82) is 5.26 Å². The van der Waals surface area contributed by atoms with Gasteiger partial charge in [-0.1, -0.05) is 12.2 Å². The highest BCUT2D eigenvalue weighted by molar-refractivity contribution is 6.22. The van der Waals surface area contributed by atoms with E-state index in [9.17, 15) is 0 Å². The van der Waals surface area contributed by atoms with Crippen LogP contribution < -0.4 is 0 Å². The maximum Gasteiger partial charge on any atom is 0.0656 e. The van der Waals surface area contributed by atoms with Crippen LogP contribution in [0.15, 0.2) is 12.2 Å². The van der Waals surface area contributed by atoms with Crippen molar-refractivity contribution in [3.63, 3.8) is 0 Å². The molecule has 0 heterocycles. The smallest absolute Gasteiger partial charge is 0.0656 e. The molecule has 0 aromatic heterocycles. The summed E-state index contributed by atoms with van der Waals surface area (Å²) >= 11 is 5.89. The van der Waals surface area contributed by atoms with Gasteiger partial charge in [-0.2, -0.15) is 5.26 Å². The third-order valence-corrected chi connectivity index (χ3v) is 2.42. The Morgan fingerprint density at radius 3 is 2.90 bits per heavy atom. The second-order valence-corrected chi connectivity index (χ2v) is 3.25. The molecule has 0 radical (unpaired) electrons. The third kappa shape index (κ3) is 1.52. The minimum Gasteiger partial charge on any atom is -0.198 e. The summed E-state index contributed by atoms with van der Waals surface area (Å²) in [6.45, 7) is 3.82. The van der Waals surface area contributed by atoms with Crippen LogP contribution in [0.4, 0.5) is 0 Å². The largest absolute Gasteiger partial charge is 0.198 e. The third-order valence-electron chi connectivity index (χ3n) is 1.93. The predicted molar refractivity (Wildman–Crippen MR) is 41.7 cm³/mol. The second-order valence-electron chi connectivity index (χ2n) is 2.73. The number of halogens is 1. The summed E-state index contributed by atoms with van der Waals surface area (Å²) < 4.78 is 0. The Morgan fingerprint density at radius 1 is 1.70 bits per heavy atom. The molecule has 54 valence electrons. The fraction of sp³-hybridized carbons (Fsp3) is 0.625. The van der Waals surface area contributed by atoms with Crippen molar-refractivity contribution in [2.24, 2.45) is 5.92 Å². The lowest BCUT2D eigenvalue weighted by Crippen LogP contribution is -2.15. The Balaban J connectivity index is 2.50. The van der Waals surface area contributed by atoms with Crippen LogP contribution in [0, 0.1) is 17.2 Å². The average Bonchev–Trinajstić information content (AvgIpc) is 1.95. The minimum absolute atomic E-state index is 0.0402. The summed E-state index contributed by atoms with van der Waals surface area (Å²) in [6.07, 6.45) is 2.65. The van der Waals surface area contributed by atoms with Crippen LogP contribution in [-0.4, -0.2) is 5.38 Å². The number of allylic oxidation sites excluding steroid dienone is 1. The van der Waals surface area contributed by atoms with Gasteiger partial charge in [0.05, 0.1) is 11.4 Å². The van der Waals surface area contributed by atoms with E-state index < -0.39 is 0 Å². The van der Waals surface area contributed by atoms with E-state index in [1.165, 1.54) is 0 Å². The van der Waals surface area contributed by atoms with Crippen molar-refractivity contribution >= 4 is 11.6 Å². The Hall–Kier alpha value is -0.480. The van der Waals surface area contributed by atoms with E-state index in [1.54, 1.807) is 0 Å². The van der Waals surface area contributed by atoms with Gasteiger partial charge in [0.1, 0.15) is 0 Å². The molecule has 1 fully saturated rings. The van der Waals surface area contributed by atoms with Gasteiger partial charge in [-0.15, -0.1) is 11.6 Å². The van der Waals surface area contributed by atoms with Crippen molar-refractivity contribution in [3.8, 4) is 6.07 Å². The van der Waals surface area contributed by atoms with Crippen LogP contribution in [0.2, 0.25) is 0 Å². The van der Waals surface area contributed by atoms with Crippen LogP contribution in [0.25, 0.3) is 0 Å². The first-order chi connectivity index (χ1) is 4.74. The van der Waals surface area contributed by atoms with Crippen molar-refractivity contribution in [2.45, 2.75) is 24.6 Å². The highest BCUT2D eigenvalue weighted by Gasteiger charge is 2.22. The van der Waals surface area contributed by atoms with Gasteiger partial charge in [-0.3, -0.25) is 0 Å². The molecular weight excluding hydrogens is 146 g/mol. The zero-order valence-electron chi connectivity index (χ0n) is 5.81. The lowest BCUT2D eigenvalue weighted by molar-refractivity contribution is 0.503. The molecule has 1 saturated carbocycles. The standard InChI is InChI=1S/C8H10ClN/c1-6-2-3-7(5-10)4-8(6)9/h7-8H,1-4H2. The van der Waals surface area contributed by atoms with E-state index in [4.69, 9.17) is 16.9 Å². The lowest BCUT2D eigenvalue weighted by atomic mass is 9.87. The zero-order valence-corrected chi connectivity index (χ0v) is 6.56. The SMILES string of the molecule is C=C1CCC(C#N)CC1Cl. The fourth-order valence-corrected chi connectivity index (χ4v) is 1.49. The molecule has 2 unspecified atom stereocenters. The van der Waals surface area contributed by atoms with Gasteiger partial charge in [0.25, 0.3) is 0 Å². The van der Waals surface area contributed by atoms with Crippen LogP contribution >= 0.6 is 11.6 Å². The van der Waals surface area contributed by atoms with E-state index in [0.717, 1.165) is 24.8 Å². The molecule has 0 aromatic rings. The molecule has 1 rings (SSSR count). The molecule has 0 saturated heterocycles. The molecule has 0 amide bonds. The molecule has 1 nitrogen and oxygen atoms in total. The lowest BCUT2D eigenvalue weighted by Gasteiger charge is -2.22. The molecule has 0 bridgehead atoms. The Kier molecular flexibility index (Phi) is 2.34. The molecule has 0 spiro atoms. The number of hydrogen-bond donors (Lipinski definition) is 0. The molecule has 0 N–H and O–H groups in total. The van der Waals surface area contributed by atoms with Gasteiger partial charge in [-0.05, 0) is 19.3 Å². The quantitative estimate of drug-likeness (QED) is 0.390. The van der Waals surface area contributed by atoms with E-state index in [0.29, 0.717) is 0 Å². The van der Waals surface area contributed by atoms with Gasteiger partial charge < -0.3 is 0 Å². The summed E-state index contributed by atoms with van der Waals surface area (Å²) in [4.78, 5) is 0. The normalized spacial score (nSPS) is 33.4. The first-order valence-corrected chi connectivity index (χ1v) is 3.89. The fourth-order valence-electron chi connectivity index (χ4n) is 1.17. The van der Waals surface area contributed by atoms with Crippen LogP contribution in [-0.2, 0) is 0 Å². The zero-order chi connectivity index (χ0) is 7.56. The van der Waals surface area contributed by atoms with Crippen molar-refractivity contribution in [2.75, 3.05) is 0 Å². The van der Waals surface area contributed by atoms with Crippen LogP contribution in [0.3, 0.4) is 0 Å². The summed E-state index contributed by atoms with van der Waals surface area (Å²) in [5.74, 6) is 0.160. The summed E-state index contributed by atoms with van der Waals surface area (Å²) in [5.41, 5.74) is 1.09. The van der Waals surface area contributed by atoms with E-state index in [1.807, 2.05) is 0 Å². The van der Waals surface area contributed by atoms with Crippen LogP contribution in [0.5, 0.6) is 0 Å². The number of nitrogens with zero attached hydrogens (tertiary/aromatic N) is 1. The average molecular weight is 156 g/mol. The van der Waals surface area contributed by atoms with Gasteiger partial charge in [-0.25, -0.2) is 0 Å². The highest BCUT2D eigenvalue weighted by Crippen LogP contribution is 2.30. The highest BCUT2D eigenvalue weighted by atomic mass is 35.5. The minimum atomic E-state index is 0.0402. The molecular formula is C8H10ClN. The molecule has 1 aliphatic rings. The van der Waals surface area contributed by atoms with E-state index in [2.05, 4.69) is 12.6 Å². The first kappa shape index (κ1) is 7.63. The Bertz CT molecular complexity index is 180. The number of nitriles is 1. The summed E-state index contributed by atoms with van der Waals surface area (Å²) in [7, 11) is 0.